The van der Waals surface area contributed by atoms with Crippen molar-refractivity contribution in [2.24, 2.45) is 0 Å². The maximum Gasteiger partial charge on any atom is 0.487 e. The Kier molecular flexibility index (Phi) is 6.76. The minimum absolute atomic E-state index is 0.0821. The molecule has 4 rings (SSSR count). The van der Waals surface area contributed by atoms with Crippen LogP contribution in [0, 0.1) is 0 Å². The lowest BCUT2D eigenvalue weighted by molar-refractivity contribution is -0.0964. The molecule has 10 nitrogen and oxygen atoms in total. The molecule has 0 radical (unpaired) electrons. The highest BCUT2D eigenvalue weighted by molar-refractivity contribution is 6.20. The summed E-state index contributed by atoms with van der Waals surface area (Å²) in [6.45, 7) is 0.776. The second kappa shape index (κ2) is 9.76. The molecule has 3 aromatic rings. The van der Waals surface area contributed by atoms with E-state index in [-0.39, 0.29) is 28.4 Å². The zero-order chi connectivity index (χ0) is 25.2. The van der Waals surface area contributed by atoms with Crippen molar-refractivity contribution in [3.63, 3.8) is 0 Å². The van der Waals surface area contributed by atoms with E-state index in [0.29, 0.717) is 25.3 Å². The molecule has 35 heavy (non-hydrogen) atoms. The summed E-state index contributed by atoms with van der Waals surface area (Å²) in [5.41, 5.74) is -3.32. The number of β-amino-alcohol motifs (C(OH)–C–C–N with tert-alkyl or cyclic N) is 1. The molecule has 0 unspecified atom stereocenters. The molecule has 0 saturated carbocycles. The number of alkyl halides is 3. The van der Waals surface area contributed by atoms with Crippen molar-refractivity contribution in [2.45, 2.75) is 18.1 Å². The minimum atomic E-state index is -3.86. The van der Waals surface area contributed by atoms with Gasteiger partial charge in [0.25, 0.3) is 17.8 Å². The Hall–Kier alpha value is -3.90. The number of nitrogens with zero attached hydrogens (tertiary/aromatic N) is 2. The molecule has 1 aromatic carbocycles. The first-order valence-corrected chi connectivity index (χ1v) is 10.7. The van der Waals surface area contributed by atoms with Crippen LogP contribution in [0.1, 0.15) is 27.3 Å². The average molecular weight is 509 g/mol. The second-order valence-corrected chi connectivity index (χ2v) is 8.04. The molecule has 2 aromatic heterocycles. The van der Waals surface area contributed by atoms with E-state index in [1.165, 1.54) is 48.7 Å². The highest BCUT2D eigenvalue weighted by Crippen LogP contribution is 2.30. The number of aliphatic hydroxyl groups is 1. The zero-order valence-corrected chi connectivity index (χ0v) is 18.6. The summed E-state index contributed by atoms with van der Waals surface area (Å²) in [4.78, 5) is 31.4. The van der Waals surface area contributed by atoms with E-state index >= 15 is 0 Å². The van der Waals surface area contributed by atoms with Gasteiger partial charge in [0.05, 0.1) is 17.4 Å². The van der Waals surface area contributed by atoms with E-state index in [9.17, 15) is 28.6 Å². The quantitative estimate of drug-likeness (QED) is 0.355. The lowest BCUT2D eigenvalue weighted by Gasteiger charge is -2.21. The molecule has 0 bridgehead atoms. The number of aliphatic hydroxyl groups excluding tert-OH is 1. The maximum atomic E-state index is 12.8. The summed E-state index contributed by atoms with van der Waals surface area (Å²) >= 11 is 4.73. The molecule has 1 aliphatic rings. The number of ether oxygens (including phenoxy) is 1. The third-order valence-electron chi connectivity index (χ3n) is 5.00. The van der Waals surface area contributed by atoms with Gasteiger partial charge in [0, 0.05) is 42.6 Å². The third kappa shape index (κ3) is 6.16. The van der Waals surface area contributed by atoms with E-state index in [2.05, 4.69) is 20.4 Å². The number of benzene rings is 1. The molecular weight excluding hydrogens is 490 g/mol. The largest absolute Gasteiger partial charge is 0.487 e. The number of nitrogens with one attached hydrogen (secondary N) is 2. The predicted molar refractivity (Wildman–Crippen MR) is 121 cm³/mol. The average Bonchev–Trinajstić information content (AvgIpc) is 3.42. The molecule has 0 aliphatic carbocycles. The van der Waals surface area contributed by atoms with Crippen LogP contribution in [0.15, 0.2) is 53.1 Å². The van der Waals surface area contributed by atoms with E-state index in [1.54, 1.807) is 4.90 Å². The van der Waals surface area contributed by atoms with Crippen LogP contribution in [0.4, 0.5) is 26.0 Å². The molecule has 0 spiro atoms. The number of aromatic hydroxyl groups is 1. The van der Waals surface area contributed by atoms with E-state index in [0.717, 1.165) is 0 Å². The van der Waals surface area contributed by atoms with Crippen molar-refractivity contribution in [3.05, 3.63) is 60.0 Å². The number of carbonyl (C=O) groups is 2. The Balaban J connectivity index is 1.55. The number of pyridine rings is 1. The summed E-state index contributed by atoms with van der Waals surface area (Å²) in [6.07, 6.45) is 1.25. The minimum Gasteiger partial charge on any atom is -0.481 e. The van der Waals surface area contributed by atoms with Gasteiger partial charge >= 0.3 is 5.57 Å². The van der Waals surface area contributed by atoms with Crippen LogP contribution in [-0.2, 0) is 0 Å². The number of rotatable bonds is 7. The fraction of sp³-hybridized carbons (Fsp3) is 0.227. The Morgan fingerprint density at radius 1 is 1.17 bits per heavy atom. The summed E-state index contributed by atoms with van der Waals surface area (Å²) in [5.74, 6) is -1.73. The summed E-state index contributed by atoms with van der Waals surface area (Å²) in [5, 5.41) is 24.4. The number of hydrogen-bond acceptors (Lipinski definition) is 8. The molecule has 4 N–H and O–H groups in total. The number of aromatic nitrogens is 1. The van der Waals surface area contributed by atoms with Crippen LogP contribution in [0.25, 0.3) is 0 Å². The van der Waals surface area contributed by atoms with Gasteiger partial charge < -0.3 is 34.9 Å². The molecule has 1 fully saturated rings. The van der Waals surface area contributed by atoms with E-state index in [4.69, 9.17) is 16.0 Å². The molecule has 1 saturated heterocycles. The summed E-state index contributed by atoms with van der Waals surface area (Å²) in [7, 11) is 0. The number of hydrogen-bond donors (Lipinski definition) is 4. The monoisotopic (exact) mass is 508 g/mol. The van der Waals surface area contributed by atoms with Gasteiger partial charge in [-0.3, -0.25) is 9.59 Å². The standard InChI is InChI=1S/C22H19ClF2N4O6/c23-22(24,25)35-15-3-1-13(2-4-15)27-20(32)12-9-16(28-21(33)17-5-6-18(31)34-17)19(26-10-12)29-8-7-14(30)11-29/h1-6,9-10,14,30-31H,7-8,11H2,(H,27,32)(H,28,33)/t14-/m1/s1. The molecule has 13 heteroatoms. The Labute approximate surface area is 202 Å². The number of anilines is 3. The van der Waals surface area contributed by atoms with E-state index in [1.807, 2.05) is 0 Å². The first kappa shape index (κ1) is 24.2. The van der Waals surface area contributed by atoms with Crippen LogP contribution >= 0.6 is 11.6 Å². The predicted octanol–water partition coefficient (Wildman–Crippen LogP) is 3.62. The number of furan rings is 1. The number of carbonyl (C=O) groups excluding carboxylic acids is 2. The van der Waals surface area contributed by atoms with Gasteiger partial charge in [0.15, 0.2) is 11.6 Å². The van der Waals surface area contributed by atoms with Crippen molar-refractivity contribution in [1.29, 1.82) is 0 Å². The van der Waals surface area contributed by atoms with Crippen molar-refractivity contribution in [3.8, 4) is 11.7 Å². The zero-order valence-electron chi connectivity index (χ0n) is 17.9. The normalized spacial score (nSPS) is 15.7. The van der Waals surface area contributed by atoms with Crippen LogP contribution in [-0.4, -0.2) is 51.8 Å². The maximum absolute atomic E-state index is 12.8. The van der Waals surface area contributed by atoms with Gasteiger partial charge in [-0.15, -0.1) is 8.78 Å². The summed E-state index contributed by atoms with van der Waals surface area (Å²) in [6, 6.07) is 8.98. The smallest absolute Gasteiger partial charge is 0.481 e. The molecule has 2 amide bonds. The first-order valence-electron chi connectivity index (χ1n) is 10.3. The van der Waals surface area contributed by atoms with Crippen molar-refractivity contribution < 1.29 is 37.7 Å². The molecule has 1 aliphatic heterocycles. The van der Waals surface area contributed by atoms with Gasteiger partial charge in [0.1, 0.15) is 5.75 Å². The number of amides is 2. The highest BCUT2D eigenvalue weighted by atomic mass is 35.5. The first-order chi connectivity index (χ1) is 16.6. The van der Waals surface area contributed by atoms with Gasteiger partial charge in [-0.2, -0.15) is 0 Å². The lowest BCUT2D eigenvalue weighted by atomic mass is 10.2. The highest BCUT2D eigenvalue weighted by Gasteiger charge is 2.28. The Morgan fingerprint density at radius 3 is 2.51 bits per heavy atom. The molecule has 1 atom stereocenters. The number of halogens is 3. The van der Waals surface area contributed by atoms with Crippen LogP contribution < -0.4 is 20.3 Å². The van der Waals surface area contributed by atoms with Gasteiger partial charge in [-0.05, 0) is 42.8 Å². The van der Waals surface area contributed by atoms with Crippen molar-refractivity contribution in [2.75, 3.05) is 28.6 Å². The lowest BCUT2D eigenvalue weighted by Crippen LogP contribution is -2.25. The summed E-state index contributed by atoms with van der Waals surface area (Å²) < 4.78 is 34.6. The topological polar surface area (TPSA) is 137 Å². The van der Waals surface area contributed by atoms with Crippen molar-refractivity contribution in [1.82, 2.24) is 4.98 Å². The van der Waals surface area contributed by atoms with Crippen LogP contribution in [0.3, 0.4) is 0 Å². The molecule has 3 heterocycles. The molecular formula is C22H19ClF2N4O6. The van der Waals surface area contributed by atoms with E-state index < -0.39 is 29.4 Å². The van der Waals surface area contributed by atoms with Gasteiger partial charge in [0.2, 0.25) is 0 Å². The van der Waals surface area contributed by atoms with Crippen molar-refractivity contribution >= 4 is 40.6 Å². The SMILES string of the molecule is O=C(Nc1ccc(OC(F)(F)Cl)cc1)c1cnc(N2CC[C@@H](O)C2)c(NC(=O)c2ccc(O)o2)c1. The van der Waals surface area contributed by atoms with Crippen LogP contribution in [0.2, 0.25) is 0 Å². The van der Waals surface area contributed by atoms with Gasteiger partial charge in [-0.25, -0.2) is 4.98 Å². The third-order valence-corrected chi connectivity index (χ3v) is 5.08. The fourth-order valence-corrected chi connectivity index (χ4v) is 3.53. The van der Waals surface area contributed by atoms with Gasteiger partial charge in [-0.1, -0.05) is 0 Å². The molecule has 184 valence electrons. The van der Waals surface area contributed by atoms with Crippen LogP contribution in [0.5, 0.6) is 11.7 Å². The fourth-order valence-electron chi connectivity index (χ4n) is 3.44. The Bertz CT molecular complexity index is 1230. The second-order valence-electron chi connectivity index (χ2n) is 7.60. The Morgan fingerprint density at radius 2 is 1.91 bits per heavy atom.